The van der Waals surface area contributed by atoms with Gasteiger partial charge < -0.3 is 122 Å². The molecule has 0 spiro atoms. The van der Waals surface area contributed by atoms with Gasteiger partial charge in [-0.05, 0) is 132 Å². The fourth-order valence-electron chi connectivity index (χ4n) is 15.3. The van der Waals surface area contributed by atoms with Gasteiger partial charge in [0.25, 0.3) is 0 Å². The van der Waals surface area contributed by atoms with Crippen molar-refractivity contribution in [2.45, 2.75) is 288 Å². The molecule has 5 aliphatic heterocycles. The first-order valence-electron chi connectivity index (χ1n) is 43.4. The van der Waals surface area contributed by atoms with Crippen molar-refractivity contribution in [1.29, 1.82) is 0 Å². The number of carbonyl (C=O) groups excluding carboxylic acids is 19. The van der Waals surface area contributed by atoms with Gasteiger partial charge in [0.1, 0.15) is 102 Å². The number of carbonyl (C=O) groups is 19. The van der Waals surface area contributed by atoms with Crippen molar-refractivity contribution < 1.29 is 106 Å². The minimum atomic E-state index is -1.98. The molecule has 702 valence electrons. The Morgan fingerprint density at radius 1 is 0.444 bits per heavy atom. The average Bonchev–Trinajstić information content (AvgIpc) is 1.63. The number of rotatable bonds is 22. The van der Waals surface area contributed by atoms with Gasteiger partial charge in [0, 0.05) is 44.0 Å². The van der Waals surface area contributed by atoms with Crippen LogP contribution in [0.15, 0.2) is 24.3 Å². The quantitative estimate of drug-likeness (QED) is 0.0382. The van der Waals surface area contributed by atoms with E-state index in [0.29, 0.717) is 31.2 Å². The van der Waals surface area contributed by atoms with Gasteiger partial charge in [-0.25, -0.2) is 0 Å². The highest BCUT2D eigenvalue weighted by Crippen LogP contribution is 2.30. The second-order valence-corrected chi connectivity index (χ2v) is 35.9. The molecule has 126 heavy (non-hydrogen) atoms. The molecule has 0 aliphatic carbocycles. The summed E-state index contributed by atoms with van der Waals surface area (Å²) in [5, 5.41) is 68.6. The Labute approximate surface area is 740 Å². The van der Waals surface area contributed by atoms with Crippen LogP contribution in [0.4, 0.5) is 0 Å². The number of nitrogens with one attached hydrogen (secondary N) is 14. The van der Waals surface area contributed by atoms with Crippen LogP contribution in [0.2, 0.25) is 0 Å². The van der Waals surface area contributed by atoms with Gasteiger partial charge in [-0.1, -0.05) is 115 Å². The lowest BCUT2D eigenvalue weighted by molar-refractivity contribution is -0.149. The lowest BCUT2D eigenvalue weighted by Gasteiger charge is -2.35. The second-order valence-electron chi connectivity index (χ2n) is 33.4. The van der Waals surface area contributed by atoms with Crippen molar-refractivity contribution in [3.8, 4) is 5.75 Å². The first kappa shape index (κ1) is 104. The van der Waals surface area contributed by atoms with Gasteiger partial charge in [-0.15, -0.1) is 0 Å². The summed E-state index contributed by atoms with van der Waals surface area (Å²) in [6.45, 7) is 14.2. The number of hydrogen-bond acceptors (Lipinski definition) is 25. The van der Waals surface area contributed by atoms with Crippen LogP contribution in [0.1, 0.15) is 184 Å². The molecule has 1 aromatic carbocycles. The van der Waals surface area contributed by atoms with Crippen molar-refractivity contribution in [1.82, 2.24) is 89.1 Å². The molecule has 0 radical (unpaired) electrons. The Morgan fingerprint density at radius 3 is 1.40 bits per heavy atom. The van der Waals surface area contributed by atoms with Gasteiger partial charge in [0.15, 0.2) is 0 Å². The zero-order valence-electron chi connectivity index (χ0n) is 73.3. The predicted molar refractivity (Wildman–Crippen MR) is 461 cm³/mol. The van der Waals surface area contributed by atoms with E-state index < -0.39 is 283 Å². The first-order chi connectivity index (χ1) is 59.7. The van der Waals surface area contributed by atoms with Crippen molar-refractivity contribution >= 4 is 134 Å². The normalized spacial score (nSPS) is 28.6. The summed E-state index contributed by atoms with van der Waals surface area (Å²) >= 11 is 0. The third kappa shape index (κ3) is 30.4. The number of benzene rings is 1. The number of aromatic hydroxyl groups is 1. The van der Waals surface area contributed by atoms with Crippen LogP contribution in [0.5, 0.6) is 5.75 Å². The molecule has 5 heterocycles. The zero-order valence-corrected chi connectivity index (χ0v) is 74.9. The number of nitrogens with two attached hydrogens (primary N) is 3. The largest absolute Gasteiger partial charge is 0.508 e. The fraction of sp³-hybridized carbons (Fsp3) is 0.695. The molecular formula is C82H130N20O22S2. The molecular weight excluding hydrogens is 1680 g/mol. The molecule has 23 N–H and O–H groups in total. The van der Waals surface area contributed by atoms with Crippen LogP contribution in [-0.4, -0.2) is 296 Å². The maximum Gasteiger partial charge on any atom is 0.246 e. The number of nitrogens with zero attached hydrogens (tertiary/aromatic N) is 3. The van der Waals surface area contributed by atoms with Crippen molar-refractivity contribution in [3.63, 3.8) is 0 Å². The van der Waals surface area contributed by atoms with Crippen LogP contribution >= 0.6 is 21.6 Å². The Hall–Kier alpha value is -10.5. The number of amides is 19. The van der Waals surface area contributed by atoms with E-state index in [-0.39, 0.29) is 102 Å². The molecule has 0 saturated carbocycles. The van der Waals surface area contributed by atoms with Gasteiger partial charge in [0.2, 0.25) is 112 Å². The van der Waals surface area contributed by atoms with Crippen LogP contribution in [-0.2, 0) is 97.5 Å². The van der Waals surface area contributed by atoms with Crippen LogP contribution < -0.4 is 91.6 Å². The highest BCUT2D eigenvalue weighted by molar-refractivity contribution is 8.76. The van der Waals surface area contributed by atoms with Crippen LogP contribution in [0.3, 0.4) is 0 Å². The highest BCUT2D eigenvalue weighted by Gasteiger charge is 2.48. The summed E-state index contributed by atoms with van der Waals surface area (Å²) < 4.78 is 0. The average molecular weight is 1810 g/mol. The summed E-state index contributed by atoms with van der Waals surface area (Å²) in [5.74, 6) is -22.6. The van der Waals surface area contributed by atoms with Crippen LogP contribution in [0, 0.1) is 23.7 Å². The van der Waals surface area contributed by atoms with Crippen molar-refractivity contribution in [2.75, 3.05) is 50.8 Å². The van der Waals surface area contributed by atoms with Crippen LogP contribution in [0.25, 0.3) is 0 Å². The summed E-state index contributed by atoms with van der Waals surface area (Å²) in [7, 11) is 1.56. The van der Waals surface area contributed by atoms with E-state index in [0.717, 1.165) is 28.5 Å². The molecule has 2 bridgehead atoms. The Bertz CT molecular complexity index is 4040. The molecule has 0 unspecified atom stereocenters. The Balaban J connectivity index is 1.54. The molecule has 1 aromatic rings. The molecule has 0 aromatic heterocycles. The molecule has 44 heteroatoms. The van der Waals surface area contributed by atoms with Crippen molar-refractivity contribution in [2.24, 2.45) is 40.9 Å². The number of aliphatic hydroxyl groups is 2. The van der Waals surface area contributed by atoms with Gasteiger partial charge in [0.05, 0.1) is 25.7 Å². The number of hydrogen-bond donors (Lipinski definition) is 20. The van der Waals surface area contributed by atoms with Crippen molar-refractivity contribution in [3.05, 3.63) is 29.8 Å². The number of phenols is 1. The maximum absolute atomic E-state index is 15.6. The molecule has 20 atom stereocenters. The van der Waals surface area contributed by atoms with E-state index >= 15 is 28.8 Å². The Kier molecular flexibility index (Phi) is 42.0. The monoisotopic (exact) mass is 1810 g/mol. The number of aliphatic hydroxyl groups excluding tert-OH is 2. The number of phenolic OH excluding ortho intramolecular Hbond substituents is 1. The van der Waals surface area contributed by atoms with Gasteiger partial charge >= 0.3 is 0 Å². The smallest absolute Gasteiger partial charge is 0.246 e. The van der Waals surface area contributed by atoms with E-state index in [1.54, 1.807) is 55.4 Å². The SMILES string of the molecule is CC[C@@H]1NC(=O)[C@H](CC(N)=O)NC(=O)[C@H](CCC(N)=O)NC(=O)[C@H]([C@@H](C)CC)NC(=O)[C@H](Cc2ccc(O)cc2)NC(=O)[C@@H]2CSSC[C@H](NC(=O)CNC(=O)[C@H](CC(C)C)NC(=O)[C@@H]3CCCN3C1=O)C(=O)N[C@@H]([C@@H](C)O)C(=O)N[C@@H](CCCCN)C(=O)N[C@@H](CO)C(=O)N[C@@H]([C@@H](C)CC)C(=O)N1CCC[C@H]1C(=O)N1CCC[C@H]1C(=O)N[C@@H]([C@@H](C)CC)C(=O)N2. The zero-order chi connectivity index (χ0) is 93.5. The van der Waals surface area contributed by atoms with E-state index in [9.17, 15) is 77.6 Å². The standard InChI is InChI=1S/C82H130N20O22S2/c1-11-42(7)63-77(119)90-50(28-29-60(84)106)69(111)92-53(36-61(85)107)70(112)88-48(14-4)80(122)100-31-17-21-57(100)75(117)93-51(34-41(5)6)67(109)86-37-62(108)87-55-39-125-126-40-56(73(115)91-52(71(113)96-63)35-46-24-26-47(105)27-25-46)95-78(120)64(43(8)12-2)97-76(118)58-22-18-32-101(58)81(123)59-23-19-33-102(59)82(124)65(44(9)13-3)98-72(114)54(38-103)94-68(110)49(20-15-16-30-83)89-79(121)66(45(10)104)99-74(55)116/h24-27,41-45,48-59,63-66,103-105H,11-23,28-40,83H2,1-10H3,(H2,84,106)(H2,85,107)(H,86,109)(H,87,108)(H,88,112)(H,89,121)(H,90,119)(H,91,115)(H,92,111)(H,93,117)(H,94,110)(H,95,120)(H,96,113)(H,97,118)(H,98,114)(H,99,116)/t42-,43-,44-,45+,48-,49-,50-,51-,52-,53-,54-,55-,56-,57-,58-,59-,63-,64-,65-,66-/m0/s1. The van der Waals surface area contributed by atoms with E-state index in [2.05, 4.69) is 74.4 Å². The molecule has 5 aliphatic rings. The minimum absolute atomic E-state index is 0.0286. The number of unbranched alkanes of at least 4 members (excludes halogenated alkanes) is 1. The fourth-order valence-corrected chi connectivity index (χ4v) is 17.6. The summed E-state index contributed by atoms with van der Waals surface area (Å²) in [6, 6.07) is -19.9. The topological polar surface area (TPSA) is 641 Å². The third-order valence-electron chi connectivity index (χ3n) is 23.3. The predicted octanol–water partition coefficient (Wildman–Crippen LogP) is -5.03. The van der Waals surface area contributed by atoms with E-state index in [1.807, 2.05) is 0 Å². The Morgan fingerprint density at radius 2 is 0.873 bits per heavy atom. The summed E-state index contributed by atoms with van der Waals surface area (Å²) in [4.78, 5) is 281. The third-order valence-corrected chi connectivity index (χ3v) is 25.7. The number of fused-ring (bicyclic) bond motifs is 8. The molecule has 5 saturated heterocycles. The first-order valence-corrected chi connectivity index (χ1v) is 45.9. The van der Waals surface area contributed by atoms with Gasteiger partial charge in [-0.2, -0.15) is 0 Å². The highest BCUT2D eigenvalue weighted by atomic mass is 33.1. The minimum Gasteiger partial charge on any atom is -0.508 e. The summed E-state index contributed by atoms with van der Waals surface area (Å²) in [5.41, 5.74) is 17.3. The molecule has 42 nitrogen and oxygen atoms in total. The lowest BCUT2D eigenvalue weighted by Crippen LogP contribution is -2.62. The summed E-state index contributed by atoms with van der Waals surface area (Å²) in [6.07, 6.45) is -2.34. The molecule has 19 amide bonds. The molecule has 5 fully saturated rings. The lowest BCUT2D eigenvalue weighted by atomic mass is 9.96. The van der Waals surface area contributed by atoms with E-state index in [4.69, 9.17) is 17.2 Å². The molecule has 6 rings (SSSR count). The maximum atomic E-state index is 15.6. The van der Waals surface area contributed by atoms with Gasteiger partial charge in [-0.3, -0.25) is 91.1 Å². The second kappa shape index (κ2) is 50.8. The number of primary amides is 2. The van der Waals surface area contributed by atoms with E-state index in [1.165, 1.54) is 45.9 Å².